The summed E-state index contributed by atoms with van der Waals surface area (Å²) >= 11 is 1.49. The molecule has 8 nitrogen and oxygen atoms in total. The topological polar surface area (TPSA) is 98.3 Å². The minimum Gasteiger partial charge on any atom is -0.491 e. The SMILES string of the molecule is Cc1cc(-c2ccnc(Nc3nccs3)n2)ccc1OC[C@](C)(CC(C)C)NC(=O)OC(C)(C)C. The Morgan fingerprint density at radius 2 is 1.89 bits per heavy atom. The van der Waals surface area contributed by atoms with Gasteiger partial charge < -0.3 is 20.1 Å². The zero-order chi connectivity index (χ0) is 25.6. The second kappa shape index (κ2) is 11.0. The number of hydrogen-bond acceptors (Lipinski definition) is 8. The van der Waals surface area contributed by atoms with Crippen LogP contribution in [-0.4, -0.2) is 38.8 Å². The summed E-state index contributed by atoms with van der Waals surface area (Å²) in [6, 6.07) is 7.81. The van der Waals surface area contributed by atoms with E-state index < -0.39 is 17.2 Å². The van der Waals surface area contributed by atoms with Crippen LogP contribution in [0.25, 0.3) is 11.3 Å². The fraction of sp³-hybridized carbons (Fsp3) is 0.462. The normalized spacial score (nSPS) is 13.3. The lowest BCUT2D eigenvalue weighted by Gasteiger charge is -2.33. The second-order valence-corrected chi connectivity index (χ2v) is 11.2. The molecule has 1 atom stereocenters. The van der Waals surface area contributed by atoms with Crippen LogP contribution in [0, 0.1) is 12.8 Å². The number of nitrogens with zero attached hydrogens (tertiary/aromatic N) is 3. The van der Waals surface area contributed by atoms with Gasteiger partial charge in [-0.2, -0.15) is 0 Å². The van der Waals surface area contributed by atoms with Crippen LogP contribution in [0.4, 0.5) is 15.9 Å². The predicted octanol–water partition coefficient (Wildman–Crippen LogP) is 6.36. The molecule has 0 aliphatic heterocycles. The summed E-state index contributed by atoms with van der Waals surface area (Å²) in [6.07, 6.45) is 3.76. The number of nitrogens with one attached hydrogen (secondary N) is 2. The number of anilines is 2. The second-order valence-electron chi connectivity index (χ2n) is 10.3. The molecule has 35 heavy (non-hydrogen) atoms. The highest BCUT2D eigenvalue weighted by atomic mass is 32.1. The lowest BCUT2D eigenvalue weighted by atomic mass is 9.91. The zero-order valence-electron chi connectivity index (χ0n) is 21.5. The summed E-state index contributed by atoms with van der Waals surface area (Å²) < 4.78 is 11.7. The molecule has 0 radical (unpaired) electrons. The lowest BCUT2D eigenvalue weighted by molar-refractivity contribution is 0.0408. The van der Waals surface area contributed by atoms with E-state index >= 15 is 0 Å². The minimum atomic E-state index is -0.579. The fourth-order valence-corrected chi connectivity index (χ4v) is 4.29. The van der Waals surface area contributed by atoms with E-state index in [9.17, 15) is 4.79 Å². The van der Waals surface area contributed by atoms with Gasteiger partial charge >= 0.3 is 6.09 Å². The maximum absolute atomic E-state index is 12.5. The molecule has 1 amide bonds. The average molecular weight is 498 g/mol. The van der Waals surface area contributed by atoms with E-state index in [4.69, 9.17) is 9.47 Å². The van der Waals surface area contributed by atoms with E-state index in [0.29, 0.717) is 18.5 Å². The van der Waals surface area contributed by atoms with Gasteiger partial charge in [0.1, 0.15) is 18.0 Å². The van der Waals surface area contributed by atoms with Gasteiger partial charge in [-0.1, -0.05) is 13.8 Å². The van der Waals surface area contributed by atoms with Gasteiger partial charge in [0.2, 0.25) is 5.95 Å². The quantitative estimate of drug-likeness (QED) is 0.355. The maximum atomic E-state index is 12.5. The number of aryl methyl sites for hydroxylation is 1. The number of ether oxygens (including phenoxy) is 2. The Morgan fingerprint density at radius 3 is 2.51 bits per heavy atom. The summed E-state index contributed by atoms with van der Waals surface area (Å²) in [5.41, 5.74) is 1.58. The molecule has 9 heteroatoms. The number of alkyl carbamates (subject to hydrolysis) is 1. The average Bonchev–Trinajstić information content (AvgIpc) is 3.24. The molecule has 1 aromatic carbocycles. The molecule has 188 valence electrons. The van der Waals surface area contributed by atoms with Gasteiger partial charge in [0.15, 0.2) is 5.13 Å². The lowest BCUT2D eigenvalue weighted by Crippen LogP contribution is -2.52. The van der Waals surface area contributed by atoms with Crippen molar-refractivity contribution >= 4 is 28.5 Å². The van der Waals surface area contributed by atoms with E-state index in [1.54, 1.807) is 12.4 Å². The van der Waals surface area contributed by atoms with Crippen LogP contribution in [-0.2, 0) is 4.74 Å². The first kappa shape index (κ1) is 26.4. The number of benzene rings is 1. The van der Waals surface area contributed by atoms with Crippen molar-refractivity contribution in [2.75, 3.05) is 11.9 Å². The Balaban J connectivity index is 1.71. The van der Waals surface area contributed by atoms with Crippen LogP contribution in [0.3, 0.4) is 0 Å². The Hall–Kier alpha value is -3.20. The van der Waals surface area contributed by atoms with Gasteiger partial charge in [0.05, 0.1) is 11.2 Å². The summed E-state index contributed by atoms with van der Waals surface area (Å²) in [4.78, 5) is 25.6. The molecule has 3 aromatic rings. The van der Waals surface area contributed by atoms with Crippen LogP contribution in [0.15, 0.2) is 42.0 Å². The van der Waals surface area contributed by atoms with Crippen molar-refractivity contribution in [1.29, 1.82) is 0 Å². The van der Waals surface area contributed by atoms with Crippen LogP contribution < -0.4 is 15.4 Å². The van der Waals surface area contributed by atoms with Crippen molar-refractivity contribution in [2.24, 2.45) is 5.92 Å². The van der Waals surface area contributed by atoms with Crippen molar-refractivity contribution in [1.82, 2.24) is 20.3 Å². The van der Waals surface area contributed by atoms with Gasteiger partial charge in [0, 0.05) is 23.3 Å². The molecule has 0 saturated carbocycles. The number of thiazole rings is 1. The molecule has 0 saturated heterocycles. The van der Waals surface area contributed by atoms with Gasteiger partial charge in [-0.3, -0.25) is 0 Å². The molecule has 2 heterocycles. The van der Waals surface area contributed by atoms with Gasteiger partial charge in [0.25, 0.3) is 0 Å². The fourth-order valence-electron chi connectivity index (χ4n) is 3.77. The number of carbonyl (C=O) groups is 1. The Morgan fingerprint density at radius 1 is 1.11 bits per heavy atom. The molecule has 2 aromatic heterocycles. The number of carbonyl (C=O) groups excluding carboxylic acids is 1. The van der Waals surface area contributed by atoms with Crippen molar-refractivity contribution in [3.8, 4) is 17.0 Å². The highest BCUT2D eigenvalue weighted by Gasteiger charge is 2.31. The molecular weight excluding hydrogens is 462 g/mol. The van der Waals surface area contributed by atoms with E-state index in [1.165, 1.54) is 11.3 Å². The third-order valence-electron chi connectivity index (χ3n) is 4.99. The van der Waals surface area contributed by atoms with Crippen LogP contribution in [0.5, 0.6) is 5.75 Å². The highest BCUT2D eigenvalue weighted by Crippen LogP contribution is 2.28. The van der Waals surface area contributed by atoms with Crippen molar-refractivity contribution in [2.45, 2.75) is 66.0 Å². The molecule has 0 fully saturated rings. The number of hydrogen-bond donors (Lipinski definition) is 2. The van der Waals surface area contributed by atoms with Crippen molar-refractivity contribution < 1.29 is 14.3 Å². The first-order valence-electron chi connectivity index (χ1n) is 11.7. The molecule has 0 unspecified atom stereocenters. The van der Waals surface area contributed by atoms with E-state index in [-0.39, 0.29) is 0 Å². The molecule has 0 aliphatic carbocycles. The van der Waals surface area contributed by atoms with Gasteiger partial charge in [-0.25, -0.2) is 19.7 Å². The largest absolute Gasteiger partial charge is 0.491 e. The van der Waals surface area contributed by atoms with E-state index in [2.05, 4.69) is 39.4 Å². The van der Waals surface area contributed by atoms with Gasteiger partial charge in [-0.05, 0) is 76.8 Å². The summed E-state index contributed by atoms with van der Waals surface area (Å²) in [5, 5.41) is 8.77. The van der Waals surface area contributed by atoms with Crippen LogP contribution in [0.1, 0.15) is 53.5 Å². The smallest absolute Gasteiger partial charge is 0.408 e. The number of amides is 1. The Labute approximate surface area is 211 Å². The third-order valence-corrected chi connectivity index (χ3v) is 5.67. The van der Waals surface area contributed by atoms with Gasteiger partial charge in [-0.15, -0.1) is 11.3 Å². The van der Waals surface area contributed by atoms with Crippen molar-refractivity contribution in [3.05, 3.63) is 47.6 Å². The molecule has 0 spiro atoms. The molecule has 0 aliphatic rings. The highest BCUT2D eigenvalue weighted by molar-refractivity contribution is 7.13. The van der Waals surface area contributed by atoms with E-state index in [0.717, 1.165) is 34.1 Å². The van der Waals surface area contributed by atoms with Crippen LogP contribution in [0.2, 0.25) is 0 Å². The number of rotatable bonds is 9. The maximum Gasteiger partial charge on any atom is 0.408 e. The summed E-state index contributed by atoms with van der Waals surface area (Å²) in [6.45, 7) is 14.1. The molecular formula is C26H35N5O3S. The molecule has 0 bridgehead atoms. The minimum absolute atomic E-state index is 0.319. The summed E-state index contributed by atoms with van der Waals surface area (Å²) in [5.74, 6) is 1.62. The first-order chi connectivity index (χ1) is 16.4. The standard InChI is InChI=1S/C26H35N5O3S/c1-17(2)15-26(7,31-24(32)34-25(4,5)6)16-33-21-9-8-19(14-18(21)3)20-10-11-27-22(29-20)30-23-28-12-13-35-23/h8-14,17H,15-16H2,1-7H3,(H,31,32)(H,27,28,29,30)/t26-/m0/s1. The van der Waals surface area contributed by atoms with Crippen LogP contribution >= 0.6 is 11.3 Å². The molecule has 3 rings (SSSR count). The van der Waals surface area contributed by atoms with Crippen molar-refractivity contribution in [3.63, 3.8) is 0 Å². The molecule has 2 N–H and O–H groups in total. The first-order valence-corrected chi connectivity index (χ1v) is 12.5. The predicted molar refractivity (Wildman–Crippen MR) is 140 cm³/mol. The zero-order valence-corrected chi connectivity index (χ0v) is 22.3. The summed E-state index contributed by atoms with van der Waals surface area (Å²) in [7, 11) is 0. The third kappa shape index (κ3) is 8.20. The number of aromatic nitrogens is 3. The van der Waals surface area contributed by atoms with E-state index in [1.807, 2.05) is 64.3 Å². The Bertz CT molecular complexity index is 1130. The monoisotopic (exact) mass is 497 g/mol. The Kier molecular flexibility index (Phi) is 8.32.